The Balaban J connectivity index is 3.17. The van der Waals surface area contributed by atoms with E-state index in [0.29, 0.717) is 13.0 Å². The molecule has 0 fully saturated rings. The third kappa shape index (κ3) is 27.2. The van der Waals surface area contributed by atoms with Crippen LogP contribution >= 0.6 is 0 Å². The number of rotatable bonds is 25. The third-order valence-electron chi connectivity index (χ3n) is 6.19. The smallest absolute Gasteiger partial charge is 0.305 e. The first-order chi connectivity index (χ1) is 15.7. The van der Waals surface area contributed by atoms with Crippen molar-refractivity contribution in [2.75, 3.05) is 27.2 Å². The molecule has 0 atom stereocenters. The van der Waals surface area contributed by atoms with Crippen molar-refractivity contribution in [3.63, 3.8) is 0 Å². The Morgan fingerprint density at radius 3 is 1.47 bits per heavy atom. The molecule has 190 valence electrons. The summed E-state index contributed by atoms with van der Waals surface area (Å²) in [5.74, 6) is -0.0389. The van der Waals surface area contributed by atoms with Crippen LogP contribution in [0.2, 0.25) is 0 Å². The number of ether oxygens (including phenoxy) is 1. The number of carbonyl (C=O) groups excluding carboxylic acids is 1. The van der Waals surface area contributed by atoms with E-state index in [1.807, 2.05) is 19.0 Å². The van der Waals surface area contributed by atoms with Crippen LogP contribution in [-0.4, -0.2) is 38.1 Å². The summed E-state index contributed by atoms with van der Waals surface area (Å²) in [6, 6.07) is 0. The van der Waals surface area contributed by atoms with E-state index in [2.05, 4.69) is 19.1 Å². The lowest BCUT2D eigenvalue weighted by Crippen LogP contribution is -2.20. The van der Waals surface area contributed by atoms with Crippen LogP contribution in [0, 0.1) is 0 Å². The van der Waals surface area contributed by atoms with Gasteiger partial charge in [0.15, 0.2) is 0 Å². The number of allylic oxidation sites excluding steroid dienone is 2. The monoisotopic (exact) mass is 451 g/mol. The van der Waals surface area contributed by atoms with Gasteiger partial charge in [-0.25, -0.2) is 0 Å². The highest BCUT2D eigenvalue weighted by Gasteiger charge is 2.02. The molecule has 0 spiro atoms. The lowest BCUT2D eigenvalue weighted by Gasteiger charge is -2.09. The summed E-state index contributed by atoms with van der Waals surface area (Å²) in [7, 11) is 3.98. The van der Waals surface area contributed by atoms with Crippen molar-refractivity contribution >= 4 is 5.97 Å². The van der Waals surface area contributed by atoms with Crippen LogP contribution < -0.4 is 0 Å². The van der Waals surface area contributed by atoms with Gasteiger partial charge in [0.2, 0.25) is 0 Å². The first kappa shape index (κ1) is 31.2. The summed E-state index contributed by atoms with van der Waals surface area (Å²) in [6.07, 6.45) is 32.3. The molecule has 0 aromatic heterocycles. The van der Waals surface area contributed by atoms with E-state index in [1.54, 1.807) is 0 Å². The van der Waals surface area contributed by atoms with E-state index in [4.69, 9.17) is 4.74 Å². The lowest BCUT2D eigenvalue weighted by molar-refractivity contribution is -0.144. The largest absolute Gasteiger partial charge is 0.464 e. The SMILES string of the molecule is CCCCCCCCCCCCCCCC=CCCCCCCCC(=O)OCCN(C)C. The molecular formula is C29H57NO2. The third-order valence-corrected chi connectivity index (χ3v) is 6.19. The molecule has 0 aliphatic rings. The quantitative estimate of drug-likeness (QED) is 0.0788. The van der Waals surface area contributed by atoms with Gasteiger partial charge in [-0.15, -0.1) is 0 Å². The predicted octanol–water partition coefficient (Wildman–Crippen LogP) is 8.86. The molecule has 0 N–H and O–H groups in total. The van der Waals surface area contributed by atoms with Gasteiger partial charge in [0.25, 0.3) is 0 Å². The molecule has 0 heterocycles. The Hall–Kier alpha value is -0.830. The van der Waals surface area contributed by atoms with Crippen LogP contribution in [0.1, 0.15) is 142 Å². The zero-order valence-electron chi connectivity index (χ0n) is 22.2. The van der Waals surface area contributed by atoms with E-state index in [1.165, 1.54) is 116 Å². The minimum atomic E-state index is -0.0389. The van der Waals surface area contributed by atoms with Gasteiger partial charge in [-0.2, -0.15) is 0 Å². The van der Waals surface area contributed by atoms with Crippen molar-refractivity contribution < 1.29 is 9.53 Å². The first-order valence-corrected chi connectivity index (χ1v) is 14.1. The highest BCUT2D eigenvalue weighted by atomic mass is 16.5. The molecule has 0 amide bonds. The second kappa shape index (κ2) is 26.4. The Morgan fingerprint density at radius 1 is 0.625 bits per heavy atom. The topological polar surface area (TPSA) is 29.5 Å². The van der Waals surface area contributed by atoms with Gasteiger partial charge in [-0.1, -0.05) is 115 Å². The molecule has 0 unspecified atom stereocenters. The molecule has 0 radical (unpaired) electrons. The van der Waals surface area contributed by atoms with Crippen LogP contribution in [0.4, 0.5) is 0 Å². The molecule has 0 saturated heterocycles. The fourth-order valence-electron chi connectivity index (χ4n) is 3.99. The summed E-state index contributed by atoms with van der Waals surface area (Å²) in [5.41, 5.74) is 0. The van der Waals surface area contributed by atoms with Gasteiger partial charge < -0.3 is 9.64 Å². The molecule has 32 heavy (non-hydrogen) atoms. The van der Waals surface area contributed by atoms with E-state index >= 15 is 0 Å². The minimum Gasteiger partial charge on any atom is -0.464 e. The highest BCUT2D eigenvalue weighted by molar-refractivity contribution is 5.69. The van der Waals surface area contributed by atoms with Gasteiger partial charge in [-0.05, 0) is 46.2 Å². The highest BCUT2D eigenvalue weighted by Crippen LogP contribution is 2.13. The van der Waals surface area contributed by atoms with Crippen molar-refractivity contribution in [3.05, 3.63) is 12.2 Å². The van der Waals surface area contributed by atoms with Gasteiger partial charge in [0.1, 0.15) is 6.61 Å². The second-order valence-corrected chi connectivity index (χ2v) is 9.83. The molecule has 0 saturated carbocycles. The van der Waals surface area contributed by atoms with Crippen molar-refractivity contribution in [3.8, 4) is 0 Å². The summed E-state index contributed by atoms with van der Waals surface area (Å²) >= 11 is 0. The Morgan fingerprint density at radius 2 is 1.03 bits per heavy atom. The van der Waals surface area contributed by atoms with Crippen molar-refractivity contribution in [2.24, 2.45) is 0 Å². The zero-order valence-corrected chi connectivity index (χ0v) is 22.2. The maximum absolute atomic E-state index is 11.6. The van der Waals surface area contributed by atoms with Crippen molar-refractivity contribution in [1.29, 1.82) is 0 Å². The molecule has 0 aromatic carbocycles. The Bertz CT molecular complexity index is 406. The number of unbranched alkanes of at least 4 members (excludes halogenated alkanes) is 18. The molecule has 0 aromatic rings. The van der Waals surface area contributed by atoms with Crippen LogP contribution in [0.5, 0.6) is 0 Å². The van der Waals surface area contributed by atoms with Gasteiger partial charge in [0.05, 0.1) is 0 Å². The maximum atomic E-state index is 11.6. The molecule has 3 nitrogen and oxygen atoms in total. The molecular weight excluding hydrogens is 394 g/mol. The maximum Gasteiger partial charge on any atom is 0.305 e. The number of esters is 1. The Labute approximate surface area is 201 Å². The normalized spacial score (nSPS) is 11.6. The average Bonchev–Trinajstić information content (AvgIpc) is 2.77. The lowest BCUT2D eigenvalue weighted by atomic mass is 10.0. The number of hydrogen-bond acceptors (Lipinski definition) is 3. The van der Waals surface area contributed by atoms with E-state index in [9.17, 15) is 4.79 Å². The number of likely N-dealkylation sites (N-methyl/N-ethyl adjacent to an activating group) is 1. The first-order valence-electron chi connectivity index (χ1n) is 14.1. The average molecular weight is 452 g/mol. The summed E-state index contributed by atoms with van der Waals surface area (Å²) in [5, 5.41) is 0. The fourth-order valence-corrected chi connectivity index (χ4v) is 3.99. The predicted molar refractivity (Wildman–Crippen MR) is 141 cm³/mol. The molecule has 0 rings (SSSR count). The van der Waals surface area contributed by atoms with Crippen LogP contribution in [0.15, 0.2) is 12.2 Å². The van der Waals surface area contributed by atoms with Crippen molar-refractivity contribution in [1.82, 2.24) is 4.90 Å². The van der Waals surface area contributed by atoms with E-state index in [0.717, 1.165) is 19.4 Å². The van der Waals surface area contributed by atoms with Gasteiger partial charge >= 0.3 is 5.97 Å². The Kier molecular flexibility index (Phi) is 25.7. The van der Waals surface area contributed by atoms with Crippen molar-refractivity contribution in [2.45, 2.75) is 142 Å². The molecule has 3 heteroatoms. The molecule has 0 aliphatic carbocycles. The number of hydrogen-bond donors (Lipinski definition) is 0. The second-order valence-electron chi connectivity index (χ2n) is 9.83. The standard InChI is InChI=1S/C29H57NO2/c1-4-5-6-7-8-9-10-11-12-13-14-15-16-17-18-19-20-21-22-23-24-25-26-29(31)32-28-27-30(2)3/h18-19H,4-17,20-28H2,1-3H3. The summed E-state index contributed by atoms with van der Waals surface area (Å²) in [6.45, 7) is 3.61. The summed E-state index contributed by atoms with van der Waals surface area (Å²) < 4.78 is 5.21. The van der Waals surface area contributed by atoms with Crippen LogP contribution in [-0.2, 0) is 9.53 Å². The molecule has 0 aliphatic heterocycles. The fraction of sp³-hybridized carbons (Fsp3) is 0.897. The van der Waals surface area contributed by atoms with E-state index in [-0.39, 0.29) is 5.97 Å². The minimum absolute atomic E-state index is 0.0389. The number of nitrogens with zero attached hydrogens (tertiary/aromatic N) is 1. The van der Waals surface area contributed by atoms with Crippen LogP contribution in [0.25, 0.3) is 0 Å². The van der Waals surface area contributed by atoms with Gasteiger partial charge in [0, 0.05) is 13.0 Å². The summed E-state index contributed by atoms with van der Waals surface area (Å²) in [4.78, 5) is 13.6. The zero-order chi connectivity index (χ0) is 23.5. The number of carbonyl (C=O) groups is 1. The molecule has 0 bridgehead atoms. The van der Waals surface area contributed by atoms with E-state index < -0.39 is 0 Å². The van der Waals surface area contributed by atoms with Crippen LogP contribution in [0.3, 0.4) is 0 Å². The van der Waals surface area contributed by atoms with Gasteiger partial charge in [-0.3, -0.25) is 4.79 Å².